The number of aromatic nitrogens is 1. The predicted octanol–water partition coefficient (Wildman–Crippen LogP) is 3.51. The minimum atomic E-state index is -0.993. The van der Waals surface area contributed by atoms with Crippen LogP contribution in [0.1, 0.15) is 15.9 Å². The van der Waals surface area contributed by atoms with Crippen LogP contribution in [0.5, 0.6) is 5.75 Å². The van der Waals surface area contributed by atoms with Crippen molar-refractivity contribution in [1.29, 1.82) is 0 Å². The lowest BCUT2D eigenvalue weighted by Gasteiger charge is -2.11. The van der Waals surface area contributed by atoms with Gasteiger partial charge >= 0.3 is 5.97 Å². The molecule has 4 nitrogen and oxygen atoms in total. The van der Waals surface area contributed by atoms with E-state index in [-0.39, 0.29) is 12.2 Å². The highest BCUT2D eigenvalue weighted by Crippen LogP contribution is 2.28. The molecule has 3 rings (SSSR count). The van der Waals surface area contributed by atoms with E-state index in [0.29, 0.717) is 11.1 Å². The molecular formula is C17H13NO3. The van der Waals surface area contributed by atoms with Crippen LogP contribution >= 0.6 is 0 Å². The van der Waals surface area contributed by atoms with Crippen LogP contribution in [0.2, 0.25) is 0 Å². The molecule has 0 unspecified atom stereocenters. The Morgan fingerprint density at radius 3 is 2.71 bits per heavy atom. The second-order valence-corrected chi connectivity index (χ2v) is 4.61. The molecule has 4 heteroatoms. The molecule has 0 aliphatic rings. The minimum Gasteiger partial charge on any atom is -0.488 e. The van der Waals surface area contributed by atoms with E-state index in [1.165, 1.54) is 0 Å². The first-order chi connectivity index (χ1) is 10.3. The third-order valence-corrected chi connectivity index (χ3v) is 3.22. The summed E-state index contributed by atoms with van der Waals surface area (Å²) in [5.41, 5.74) is 1.08. The van der Waals surface area contributed by atoms with E-state index in [0.717, 1.165) is 10.9 Å². The molecule has 21 heavy (non-hydrogen) atoms. The highest BCUT2D eigenvalue weighted by atomic mass is 16.5. The Morgan fingerprint density at radius 2 is 1.95 bits per heavy atom. The molecule has 0 atom stereocenters. The van der Waals surface area contributed by atoms with Crippen LogP contribution in [0.4, 0.5) is 0 Å². The fraction of sp³-hybridized carbons (Fsp3) is 0.0588. The monoisotopic (exact) mass is 279 g/mol. The number of carbonyl (C=O) groups is 1. The molecule has 2 aromatic carbocycles. The van der Waals surface area contributed by atoms with E-state index in [9.17, 15) is 9.90 Å². The summed E-state index contributed by atoms with van der Waals surface area (Å²) >= 11 is 0. The molecule has 0 saturated carbocycles. The first-order valence-corrected chi connectivity index (χ1v) is 6.52. The molecule has 3 aromatic rings. The van der Waals surface area contributed by atoms with Gasteiger partial charge in [0.25, 0.3) is 0 Å². The lowest BCUT2D eigenvalue weighted by atomic mass is 10.0. The first kappa shape index (κ1) is 13.1. The molecule has 0 aliphatic carbocycles. The average molecular weight is 279 g/mol. The normalized spacial score (nSPS) is 10.5. The minimum absolute atomic E-state index is 0.192. The van der Waals surface area contributed by atoms with Gasteiger partial charge in [-0.05, 0) is 22.9 Å². The van der Waals surface area contributed by atoms with E-state index in [2.05, 4.69) is 4.98 Å². The van der Waals surface area contributed by atoms with Gasteiger partial charge in [0.15, 0.2) is 0 Å². The molecule has 0 aliphatic heterocycles. The van der Waals surface area contributed by atoms with Crippen molar-refractivity contribution in [3.05, 3.63) is 72.1 Å². The summed E-state index contributed by atoms with van der Waals surface area (Å²) in [5, 5.41) is 11.0. The maximum Gasteiger partial charge on any atom is 0.340 e. The van der Waals surface area contributed by atoms with Gasteiger partial charge in [-0.25, -0.2) is 4.79 Å². The third-order valence-electron chi connectivity index (χ3n) is 3.22. The molecule has 0 radical (unpaired) electrons. The Balaban J connectivity index is 1.98. The van der Waals surface area contributed by atoms with Crippen molar-refractivity contribution >= 4 is 16.7 Å². The molecule has 0 fully saturated rings. The maximum atomic E-state index is 11.6. The smallest absolute Gasteiger partial charge is 0.340 e. The number of nitrogens with zero attached hydrogens (tertiary/aromatic N) is 1. The Bertz CT molecular complexity index is 784. The highest BCUT2D eigenvalue weighted by molar-refractivity contribution is 6.06. The Labute approximate surface area is 121 Å². The van der Waals surface area contributed by atoms with Crippen molar-refractivity contribution < 1.29 is 14.6 Å². The number of hydrogen-bond donors (Lipinski definition) is 1. The summed E-state index contributed by atoms with van der Waals surface area (Å²) in [7, 11) is 0. The SMILES string of the molecule is O=C(O)c1c(OCc2cccnc2)ccc2ccccc12. The summed E-state index contributed by atoms with van der Waals surface area (Å²) in [5.74, 6) is -0.627. The van der Waals surface area contributed by atoms with Crippen molar-refractivity contribution in [1.82, 2.24) is 4.98 Å². The topological polar surface area (TPSA) is 59.4 Å². The molecule has 1 N–H and O–H groups in total. The molecule has 0 bridgehead atoms. The highest BCUT2D eigenvalue weighted by Gasteiger charge is 2.15. The lowest BCUT2D eigenvalue weighted by Crippen LogP contribution is -2.04. The molecule has 0 spiro atoms. The Kier molecular flexibility index (Phi) is 3.51. The van der Waals surface area contributed by atoms with Gasteiger partial charge in [-0.3, -0.25) is 4.98 Å². The zero-order chi connectivity index (χ0) is 14.7. The molecule has 104 valence electrons. The fourth-order valence-corrected chi connectivity index (χ4v) is 2.24. The van der Waals surface area contributed by atoms with E-state index in [4.69, 9.17) is 4.74 Å². The van der Waals surface area contributed by atoms with Gasteiger partial charge in [0.1, 0.15) is 17.9 Å². The van der Waals surface area contributed by atoms with Gasteiger partial charge in [-0.1, -0.05) is 36.4 Å². The molecule has 0 amide bonds. The van der Waals surface area contributed by atoms with Crippen LogP contribution in [-0.2, 0) is 6.61 Å². The van der Waals surface area contributed by atoms with E-state index >= 15 is 0 Å². The standard InChI is InChI=1S/C17H13NO3/c19-17(20)16-14-6-2-1-5-13(14)7-8-15(16)21-11-12-4-3-9-18-10-12/h1-10H,11H2,(H,19,20). The van der Waals surface area contributed by atoms with Crippen molar-refractivity contribution in [2.24, 2.45) is 0 Å². The summed E-state index contributed by atoms with van der Waals surface area (Å²) in [4.78, 5) is 15.6. The van der Waals surface area contributed by atoms with Gasteiger partial charge in [-0.2, -0.15) is 0 Å². The molecule has 0 saturated heterocycles. The second kappa shape index (κ2) is 5.63. The Hall–Kier alpha value is -2.88. The molecule has 1 heterocycles. The number of benzene rings is 2. The van der Waals surface area contributed by atoms with Crippen molar-refractivity contribution in [2.45, 2.75) is 6.61 Å². The maximum absolute atomic E-state index is 11.6. The number of aromatic carboxylic acids is 1. The summed E-state index contributed by atoms with van der Waals surface area (Å²) < 4.78 is 5.67. The third kappa shape index (κ3) is 2.69. The quantitative estimate of drug-likeness (QED) is 0.794. The Morgan fingerprint density at radius 1 is 1.10 bits per heavy atom. The molecular weight excluding hydrogens is 266 g/mol. The summed E-state index contributed by atoms with van der Waals surface area (Å²) in [6.45, 7) is 0.284. The number of fused-ring (bicyclic) bond motifs is 1. The van der Waals surface area contributed by atoms with Gasteiger partial charge < -0.3 is 9.84 Å². The zero-order valence-corrected chi connectivity index (χ0v) is 11.2. The number of hydrogen-bond acceptors (Lipinski definition) is 3. The van der Waals surface area contributed by atoms with Gasteiger partial charge in [0.05, 0.1) is 0 Å². The zero-order valence-electron chi connectivity index (χ0n) is 11.2. The number of ether oxygens (including phenoxy) is 1. The van der Waals surface area contributed by atoms with E-state index in [1.54, 1.807) is 24.5 Å². The number of pyridine rings is 1. The fourth-order valence-electron chi connectivity index (χ4n) is 2.24. The molecule has 1 aromatic heterocycles. The first-order valence-electron chi connectivity index (χ1n) is 6.52. The van der Waals surface area contributed by atoms with Gasteiger partial charge in [-0.15, -0.1) is 0 Å². The van der Waals surface area contributed by atoms with Crippen LogP contribution < -0.4 is 4.74 Å². The van der Waals surface area contributed by atoms with Crippen LogP contribution in [0.3, 0.4) is 0 Å². The van der Waals surface area contributed by atoms with Crippen molar-refractivity contribution in [3.63, 3.8) is 0 Å². The lowest BCUT2D eigenvalue weighted by molar-refractivity contribution is 0.0694. The number of carboxylic acid groups (broad SMARTS) is 1. The van der Waals surface area contributed by atoms with Crippen molar-refractivity contribution in [2.75, 3.05) is 0 Å². The van der Waals surface area contributed by atoms with Crippen molar-refractivity contribution in [3.8, 4) is 5.75 Å². The van der Waals surface area contributed by atoms with Gasteiger partial charge in [0, 0.05) is 18.0 Å². The number of carboxylic acids is 1. The summed E-state index contributed by atoms with van der Waals surface area (Å²) in [6, 6.07) is 14.6. The predicted molar refractivity (Wildman–Crippen MR) is 79.5 cm³/mol. The van der Waals surface area contributed by atoms with E-state index < -0.39 is 5.97 Å². The van der Waals surface area contributed by atoms with Crippen LogP contribution in [0.15, 0.2) is 60.9 Å². The van der Waals surface area contributed by atoms with E-state index in [1.807, 2.05) is 36.4 Å². The average Bonchev–Trinajstić information content (AvgIpc) is 2.53. The van der Waals surface area contributed by atoms with Gasteiger partial charge in [0.2, 0.25) is 0 Å². The summed E-state index contributed by atoms with van der Waals surface area (Å²) in [6.07, 6.45) is 3.38. The largest absolute Gasteiger partial charge is 0.488 e. The van der Waals surface area contributed by atoms with Crippen LogP contribution in [0.25, 0.3) is 10.8 Å². The second-order valence-electron chi connectivity index (χ2n) is 4.61. The van der Waals surface area contributed by atoms with Crippen LogP contribution in [0, 0.1) is 0 Å². The number of rotatable bonds is 4. The van der Waals surface area contributed by atoms with Crippen LogP contribution in [-0.4, -0.2) is 16.1 Å².